The second kappa shape index (κ2) is 6.62. The molecule has 0 radical (unpaired) electrons. The minimum absolute atomic E-state index is 0.639. The smallest absolute Gasteiger partial charge is 0.00358 e. The van der Waals surface area contributed by atoms with Crippen molar-refractivity contribution in [2.75, 3.05) is 7.05 Å². The highest BCUT2D eigenvalue weighted by molar-refractivity contribution is 5.22. The fourth-order valence-corrected chi connectivity index (χ4v) is 1.70. The maximum atomic E-state index is 3.27. The van der Waals surface area contributed by atoms with Crippen LogP contribution < -0.4 is 5.32 Å². The number of hydrogen-bond donors (Lipinski definition) is 1. The third kappa shape index (κ3) is 4.48. The number of rotatable bonds is 6. The van der Waals surface area contributed by atoms with Gasteiger partial charge in [-0.05, 0) is 50.8 Å². The molecular weight excluding hydrogens is 182 g/mol. The Balaban J connectivity index is 2.31. The maximum absolute atomic E-state index is 3.27. The topological polar surface area (TPSA) is 12.0 Å². The SMILES string of the molecule is CCc1ccc(CCCC(C)NC)cc1. The van der Waals surface area contributed by atoms with Crippen molar-refractivity contribution >= 4 is 0 Å². The number of benzene rings is 1. The average Bonchev–Trinajstić information content (AvgIpc) is 2.29. The molecule has 1 rings (SSSR count). The number of aryl methyl sites for hydroxylation is 2. The summed E-state index contributed by atoms with van der Waals surface area (Å²) in [6.07, 6.45) is 4.87. The van der Waals surface area contributed by atoms with Crippen molar-refractivity contribution in [3.05, 3.63) is 35.4 Å². The molecule has 0 aliphatic heterocycles. The van der Waals surface area contributed by atoms with Gasteiger partial charge in [-0.3, -0.25) is 0 Å². The molecule has 0 saturated heterocycles. The van der Waals surface area contributed by atoms with Crippen molar-refractivity contribution in [1.29, 1.82) is 0 Å². The van der Waals surface area contributed by atoms with Crippen LogP contribution in [0.25, 0.3) is 0 Å². The van der Waals surface area contributed by atoms with Crippen LogP contribution in [0, 0.1) is 0 Å². The summed E-state index contributed by atoms with van der Waals surface area (Å²) in [5, 5.41) is 3.27. The van der Waals surface area contributed by atoms with Gasteiger partial charge in [-0.15, -0.1) is 0 Å². The molecular formula is C14H23N. The van der Waals surface area contributed by atoms with Gasteiger partial charge in [0.05, 0.1) is 0 Å². The van der Waals surface area contributed by atoms with Crippen molar-refractivity contribution < 1.29 is 0 Å². The molecule has 1 aromatic rings. The van der Waals surface area contributed by atoms with E-state index in [4.69, 9.17) is 0 Å². The molecule has 84 valence electrons. The molecule has 1 aromatic carbocycles. The zero-order valence-electron chi connectivity index (χ0n) is 10.2. The van der Waals surface area contributed by atoms with E-state index in [-0.39, 0.29) is 0 Å². The molecule has 1 N–H and O–H groups in total. The minimum atomic E-state index is 0.639. The van der Waals surface area contributed by atoms with Gasteiger partial charge in [0.2, 0.25) is 0 Å². The lowest BCUT2D eigenvalue weighted by molar-refractivity contribution is 0.542. The van der Waals surface area contributed by atoms with Crippen LogP contribution >= 0.6 is 0 Å². The molecule has 0 fully saturated rings. The second-order valence-electron chi connectivity index (χ2n) is 4.25. The van der Waals surface area contributed by atoms with Gasteiger partial charge in [-0.25, -0.2) is 0 Å². The Labute approximate surface area is 93.9 Å². The van der Waals surface area contributed by atoms with E-state index in [1.807, 2.05) is 7.05 Å². The molecule has 1 nitrogen and oxygen atoms in total. The van der Waals surface area contributed by atoms with Crippen LogP contribution in [-0.4, -0.2) is 13.1 Å². The van der Waals surface area contributed by atoms with E-state index in [1.165, 1.54) is 30.4 Å². The Morgan fingerprint density at radius 1 is 1.13 bits per heavy atom. The van der Waals surface area contributed by atoms with Gasteiger partial charge in [-0.1, -0.05) is 31.2 Å². The van der Waals surface area contributed by atoms with E-state index in [1.54, 1.807) is 0 Å². The Morgan fingerprint density at radius 3 is 2.27 bits per heavy atom. The van der Waals surface area contributed by atoms with E-state index in [0.29, 0.717) is 6.04 Å². The first-order valence-corrected chi connectivity index (χ1v) is 6.01. The van der Waals surface area contributed by atoms with Gasteiger partial charge in [0, 0.05) is 6.04 Å². The first-order chi connectivity index (χ1) is 7.26. The summed E-state index contributed by atoms with van der Waals surface area (Å²) in [4.78, 5) is 0. The normalized spacial score (nSPS) is 12.7. The predicted molar refractivity (Wildman–Crippen MR) is 67.3 cm³/mol. The fourth-order valence-electron chi connectivity index (χ4n) is 1.70. The van der Waals surface area contributed by atoms with E-state index in [9.17, 15) is 0 Å². The van der Waals surface area contributed by atoms with Crippen LogP contribution in [0.3, 0.4) is 0 Å². The van der Waals surface area contributed by atoms with Crippen molar-refractivity contribution in [3.63, 3.8) is 0 Å². The zero-order chi connectivity index (χ0) is 11.1. The van der Waals surface area contributed by atoms with Crippen molar-refractivity contribution in [3.8, 4) is 0 Å². The summed E-state index contributed by atoms with van der Waals surface area (Å²) in [6.45, 7) is 4.43. The molecule has 0 saturated carbocycles. The van der Waals surface area contributed by atoms with E-state index < -0.39 is 0 Å². The van der Waals surface area contributed by atoms with Crippen LogP contribution in [0.4, 0.5) is 0 Å². The molecule has 1 atom stereocenters. The lowest BCUT2D eigenvalue weighted by atomic mass is 10.0. The van der Waals surface area contributed by atoms with E-state index >= 15 is 0 Å². The molecule has 0 aliphatic rings. The first-order valence-electron chi connectivity index (χ1n) is 6.01. The third-order valence-electron chi connectivity index (χ3n) is 3.03. The van der Waals surface area contributed by atoms with E-state index in [2.05, 4.69) is 43.4 Å². The molecule has 0 spiro atoms. The molecule has 15 heavy (non-hydrogen) atoms. The third-order valence-corrected chi connectivity index (χ3v) is 3.03. The quantitative estimate of drug-likeness (QED) is 0.752. The standard InChI is InChI=1S/C14H23N/c1-4-13-8-10-14(11-9-13)7-5-6-12(2)15-3/h8-12,15H,4-7H2,1-3H3. The maximum Gasteiger partial charge on any atom is 0.00358 e. The van der Waals surface area contributed by atoms with Crippen molar-refractivity contribution in [2.24, 2.45) is 0 Å². The Kier molecular flexibility index (Phi) is 5.41. The predicted octanol–water partition coefficient (Wildman–Crippen LogP) is 3.18. The van der Waals surface area contributed by atoms with E-state index in [0.717, 1.165) is 6.42 Å². The van der Waals surface area contributed by atoms with Crippen molar-refractivity contribution in [2.45, 2.75) is 45.6 Å². The average molecular weight is 205 g/mol. The van der Waals surface area contributed by atoms with Crippen LogP contribution in [0.15, 0.2) is 24.3 Å². The van der Waals surface area contributed by atoms with Crippen LogP contribution in [0.5, 0.6) is 0 Å². The lowest BCUT2D eigenvalue weighted by Crippen LogP contribution is -2.20. The largest absolute Gasteiger partial charge is 0.317 e. The molecule has 1 unspecified atom stereocenters. The fraction of sp³-hybridized carbons (Fsp3) is 0.571. The highest BCUT2D eigenvalue weighted by Gasteiger charge is 1.98. The highest BCUT2D eigenvalue weighted by atomic mass is 14.8. The van der Waals surface area contributed by atoms with Gasteiger partial charge in [-0.2, -0.15) is 0 Å². The molecule has 0 heterocycles. The van der Waals surface area contributed by atoms with Gasteiger partial charge in [0.15, 0.2) is 0 Å². The second-order valence-corrected chi connectivity index (χ2v) is 4.25. The summed E-state index contributed by atoms with van der Waals surface area (Å²) >= 11 is 0. The van der Waals surface area contributed by atoms with Gasteiger partial charge >= 0.3 is 0 Å². The number of nitrogens with one attached hydrogen (secondary N) is 1. The van der Waals surface area contributed by atoms with Gasteiger partial charge < -0.3 is 5.32 Å². The lowest BCUT2D eigenvalue weighted by Gasteiger charge is -2.09. The molecule has 0 aliphatic carbocycles. The first kappa shape index (κ1) is 12.3. The molecule has 0 amide bonds. The number of hydrogen-bond acceptors (Lipinski definition) is 1. The monoisotopic (exact) mass is 205 g/mol. The summed E-state index contributed by atoms with van der Waals surface area (Å²) in [6, 6.07) is 9.67. The molecule has 0 bridgehead atoms. The molecule has 0 aromatic heterocycles. The Hall–Kier alpha value is -0.820. The van der Waals surface area contributed by atoms with Crippen LogP contribution in [0.1, 0.15) is 37.8 Å². The highest BCUT2D eigenvalue weighted by Crippen LogP contribution is 2.09. The van der Waals surface area contributed by atoms with Crippen molar-refractivity contribution in [1.82, 2.24) is 5.32 Å². The van der Waals surface area contributed by atoms with Gasteiger partial charge in [0.25, 0.3) is 0 Å². The summed E-state index contributed by atoms with van der Waals surface area (Å²) in [7, 11) is 2.03. The summed E-state index contributed by atoms with van der Waals surface area (Å²) in [5.74, 6) is 0. The summed E-state index contributed by atoms with van der Waals surface area (Å²) < 4.78 is 0. The zero-order valence-corrected chi connectivity index (χ0v) is 10.2. The Morgan fingerprint density at radius 2 is 1.73 bits per heavy atom. The minimum Gasteiger partial charge on any atom is -0.317 e. The van der Waals surface area contributed by atoms with Crippen LogP contribution in [-0.2, 0) is 12.8 Å². The van der Waals surface area contributed by atoms with Gasteiger partial charge in [0.1, 0.15) is 0 Å². The molecule has 1 heteroatoms. The summed E-state index contributed by atoms with van der Waals surface area (Å²) in [5.41, 5.74) is 2.90. The Bertz CT molecular complexity index is 263. The van der Waals surface area contributed by atoms with Crippen LogP contribution in [0.2, 0.25) is 0 Å².